The lowest BCUT2D eigenvalue weighted by atomic mass is 9.86. The molecule has 1 aromatic heterocycles. The molecule has 4 rings (SSSR count). The number of carboxylic acid groups (broad SMARTS) is 1. The van der Waals surface area contributed by atoms with Crippen molar-refractivity contribution in [2.45, 2.75) is 32.6 Å². The molecule has 0 radical (unpaired) electrons. The first kappa shape index (κ1) is 20.7. The number of hydrogen-bond acceptors (Lipinski definition) is 3. The van der Waals surface area contributed by atoms with Crippen LogP contribution in [0.2, 0.25) is 0 Å². The molecule has 0 atom stereocenters. The standard InChI is InChI=1S/C26H27N3O2/c1-26(2,3)19-13-11-18(12-14-19)20-9-6-10-22-23(20)24(29-28-22)27-16-15-17-7-4-5-8-21(17)25(30)31/h4-14H,15-16H2,1-3H3,(H,30,31)(H2,27,28,29). The van der Waals surface area contributed by atoms with Gasteiger partial charge in [0.05, 0.1) is 16.5 Å². The predicted molar refractivity (Wildman–Crippen MR) is 126 cm³/mol. The van der Waals surface area contributed by atoms with Gasteiger partial charge in [-0.3, -0.25) is 5.10 Å². The summed E-state index contributed by atoms with van der Waals surface area (Å²) in [5, 5.41) is 21.4. The smallest absolute Gasteiger partial charge is 0.335 e. The number of rotatable bonds is 6. The fourth-order valence-electron chi connectivity index (χ4n) is 3.85. The summed E-state index contributed by atoms with van der Waals surface area (Å²) in [7, 11) is 0. The molecule has 0 aliphatic carbocycles. The molecule has 4 aromatic rings. The van der Waals surface area contributed by atoms with Gasteiger partial charge in [-0.1, -0.05) is 75.4 Å². The van der Waals surface area contributed by atoms with Gasteiger partial charge >= 0.3 is 5.97 Å². The van der Waals surface area contributed by atoms with Crippen LogP contribution in [0.3, 0.4) is 0 Å². The average Bonchev–Trinajstić information content (AvgIpc) is 3.17. The second kappa shape index (κ2) is 8.26. The lowest BCUT2D eigenvalue weighted by Crippen LogP contribution is -2.10. The molecular weight excluding hydrogens is 386 g/mol. The van der Waals surface area contributed by atoms with E-state index in [1.54, 1.807) is 12.1 Å². The van der Waals surface area contributed by atoms with Gasteiger partial charge in [0.1, 0.15) is 0 Å². The molecule has 31 heavy (non-hydrogen) atoms. The van der Waals surface area contributed by atoms with Crippen LogP contribution >= 0.6 is 0 Å². The predicted octanol–water partition coefficient (Wildman–Crippen LogP) is 5.88. The number of aromatic nitrogens is 2. The largest absolute Gasteiger partial charge is 0.478 e. The van der Waals surface area contributed by atoms with Crippen molar-refractivity contribution in [2.75, 3.05) is 11.9 Å². The van der Waals surface area contributed by atoms with Crippen LogP contribution in [-0.4, -0.2) is 27.8 Å². The fraction of sp³-hybridized carbons (Fsp3) is 0.231. The monoisotopic (exact) mass is 413 g/mol. The van der Waals surface area contributed by atoms with Crippen LogP contribution in [0.5, 0.6) is 0 Å². The number of H-pyrrole nitrogens is 1. The van der Waals surface area contributed by atoms with Crippen molar-refractivity contribution >= 4 is 22.7 Å². The quantitative estimate of drug-likeness (QED) is 0.369. The highest BCUT2D eigenvalue weighted by atomic mass is 16.4. The third kappa shape index (κ3) is 4.31. The third-order valence-corrected chi connectivity index (χ3v) is 5.59. The fourth-order valence-corrected chi connectivity index (χ4v) is 3.85. The Kier molecular flexibility index (Phi) is 5.51. The molecule has 5 nitrogen and oxygen atoms in total. The molecule has 3 N–H and O–H groups in total. The average molecular weight is 414 g/mol. The molecule has 0 bridgehead atoms. The normalized spacial score (nSPS) is 11.6. The number of fused-ring (bicyclic) bond motifs is 1. The first-order valence-electron chi connectivity index (χ1n) is 10.5. The molecule has 3 aromatic carbocycles. The molecule has 5 heteroatoms. The number of hydrogen-bond donors (Lipinski definition) is 3. The number of carbonyl (C=O) groups is 1. The summed E-state index contributed by atoms with van der Waals surface area (Å²) in [6.07, 6.45) is 0.597. The molecule has 0 saturated heterocycles. The van der Waals surface area contributed by atoms with E-state index in [2.05, 4.69) is 66.6 Å². The minimum absolute atomic E-state index is 0.110. The molecule has 0 aliphatic rings. The van der Waals surface area contributed by atoms with Gasteiger partial charge < -0.3 is 10.4 Å². The van der Waals surface area contributed by atoms with Crippen molar-refractivity contribution in [1.82, 2.24) is 10.2 Å². The highest BCUT2D eigenvalue weighted by Crippen LogP contribution is 2.34. The Morgan fingerprint density at radius 2 is 1.74 bits per heavy atom. The minimum atomic E-state index is -0.901. The van der Waals surface area contributed by atoms with Gasteiger partial charge in [-0.2, -0.15) is 5.10 Å². The third-order valence-electron chi connectivity index (χ3n) is 5.59. The lowest BCUT2D eigenvalue weighted by Gasteiger charge is -2.19. The van der Waals surface area contributed by atoms with E-state index in [1.165, 1.54) is 5.56 Å². The highest BCUT2D eigenvalue weighted by molar-refractivity contribution is 6.02. The minimum Gasteiger partial charge on any atom is -0.478 e. The summed E-state index contributed by atoms with van der Waals surface area (Å²) < 4.78 is 0. The van der Waals surface area contributed by atoms with Gasteiger partial charge in [-0.25, -0.2) is 4.79 Å². The number of anilines is 1. The zero-order chi connectivity index (χ0) is 22.0. The van der Waals surface area contributed by atoms with Crippen molar-refractivity contribution in [1.29, 1.82) is 0 Å². The topological polar surface area (TPSA) is 78.0 Å². The van der Waals surface area contributed by atoms with Crippen LogP contribution in [0.15, 0.2) is 66.7 Å². The van der Waals surface area contributed by atoms with Crippen LogP contribution in [0, 0.1) is 0 Å². The number of aromatic amines is 1. The Labute approximate surface area is 182 Å². The molecule has 0 saturated carbocycles. The summed E-state index contributed by atoms with van der Waals surface area (Å²) in [5.74, 6) is -0.125. The first-order chi connectivity index (χ1) is 14.8. The Bertz CT molecular complexity index is 1220. The van der Waals surface area contributed by atoms with Crippen LogP contribution in [0.25, 0.3) is 22.0 Å². The molecule has 158 valence electrons. The van der Waals surface area contributed by atoms with E-state index in [0.29, 0.717) is 18.5 Å². The number of nitrogens with zero attached hydrogens (tertiary/aromatic N) is 1. The zero-order valence-electron chi connectivity index (χ0n) is 18.1. The maximum atomic E-state index is 11.4. The highest BCUT2D eigenvalue weighted by Gasteiger charge is 2.16. The van der Waals surface area contributed by atoms with E-state index in [0.717, 1.165) is 33.4 Å². The number of aromatic carboxylic acids is 1. The molecule has 0 aliphatic heterocycles. The van der Waals surface area contributed by atoms with Gasteiger partial charge in [-0.05, 0) is 46.2 Å². The van der Waals surface area contributed by atoms with Gasteiger partial charge in [0.2, 0.25) is 0 Å². The van der Waals surface area contributed by atoms with Gasteiger partial charge in [-0.15, -0.1) is 0 Å². The van der Waals surface area contributed by atoms with E-state index in [1.807, 2.05) is 24.3 Å². The summed E-state index contributed by atoms with van der Waals surface area (Å²) >= 11 is 0. The Hall–Kier alpha value is -3.60. The van der Waals surface area contributed by atoms with E-state index in [4.69, 9.17) is 0 Å². The van der Waals surface area contributed by atoms with Crippen LogP contribution < -0.4 is 5.32 Å². The van der Waals surface area contributed by atoms with E-state index < -0.39 is 5.97 Å². The van der Waals surface area contributed by atoms with Crippen molar-refractivity contribution in [3.8, 4) is 11.1 Å². The van der Waals surface area contributed by atoms with Crippen molar-refractivity contribution in [3.05, 3.63) is 83.4 Å². The summed E-state index contributed by atoms with van der Waals surface area (Å²) in [5.41, 5.74) is 5.77. The molecule has 0 spiro atoms. The number of carboxylic acids is 1. The second-order valence-electron chi connectivity index (χ2n) is 8.77. The molecule has 0 amide bonds. The van der Waals surface area contributed by atoms with Crippen molar-refractivity contribution in [3.63, 3.8) is 0 Å². The number of nitrogens with one attached hydrogen (secondary N) is 2. The summed E-state index contributed by atoms with van der Waals surface area (Å²) in [6, 6.07) is 22.0. The SMILES string of the molecule is CC(C)(C)c1ccc(-c2cccc3[nH]nc(NCCc4ccccc4C(=O)O)c23)cc1. The Morgan fingerprint density at radius 3 is 2.45 bits per heavy atom. The summed E-state index contributed by atoms with van der Waals surface area (Å²) in [6.45, 7) is 7.22. The van der Waals surface area contributed by atoms with Crippen LogP contribution in [0.1, 0.15) is 42.3 Å². The summed E-state index contributed by atoms with van der Waals surface area (Å²) in [4.78, 5) is 11.4. The van der Waals surface area contributed by atoms with Crippen LogP contribution in [-0.2, 0) is 11.8 Å². The van der Waals surface area contributed by atoms with Gasteiger partial charge in [0.25, 0.3) is 0 Å². The van der Waals surface area contributed by atoms with E-state index >= 15 is 0 Å². The van der Waals surface area contributed by atoms with Gasteiger partial charge in [0, 0.05) is 6.54 Å². The molecule has 0 unspecified atom stereocenters. The maximum absolute atomic E-state index is 11.4. The molecule has 0 fully saturated rings. The lowest BCUT2D eigenvalue weighted by molar-refractivity contribution is 0.0695. The van der Waals surface area contributed by atoms with Crippen molar-refractivity contribution < 1.29 is 9.90 Å². The Balaban J connectivity index is 1.60. The van der Waals surface area contributed by atoms with E-state index in [9.17, 15) is 9.90 Å². The van der Waals surface area contributed by atoms with Crippen LogP contribution in [0.4, 0.5) is 5.82 Å². The number of benzene rings is 3. The van der Waals surface area contributed by atoms with E-state index in [-0.39, 0.29) is 5.41 Å². The Morgan fingerprint density at radius 1 is 1.00 bits per heavy atom. The van der Waals surface area contributed by atoms with Crippen molar-refractivity contribution in [2.24, 2.45) is 0 Å². The first-order valence-corrected chi connectivity index (χ1v) is 10.5. The second-order valence-corrected chi connectivity index (χ2v) is 8.77. The zero-order valence-corrected chi connectivity index (χ0v) is 18.1. The molecular formula is C26H27N3O2. The van der Waals surface area contributed by atoms with Gasteiger partial charge in [0.15, 0.2) is 5.82 Å². The molecule has 1 heterocycles. The maximum Gasteiger partial charge on any atom is 0.335 e.